The summed E-state index contributed by atoms with van der Waals surface area (Å²) in [4.78, 5) is 24.5. The zero-order valence-electron chi connectivity index (χ0n) is 11.9. The van der Waals surface area contributed by atoms with Gasteiger partial charge in [0.15, 0.2) is 5.41 Å². The Balaban J connectivity index is 3.03. The van der Waals surface area contributed by atoms with Crippen molar-refractivity contribution in [3.8, 4) is 0 Å². The van der Waals surface area contributed by atoms with Gasteiger partial charge >= 0.3 is 11.9 Å². The van der Waals surface area contributed by atoms with Gasteiger partial charge in [0.2, 0.25) is 0 Å². The van der Waals surface area contributed by atoms with Crippen LogP contribution >= 0.6 is 0 Å². The molecule has 0 amide bonds. The van der Waals surface area contributed by atoms with Crippen molar-refractivity contribution in [3.05, 3.63) is 12.7 Å². The largest absolute Gasteiger partial charge is 0.468 e. The van der Waals surface area contributed by atoms with E-state index in [1.54, 1.807) is 6.08 Å². The monoisotopic (exact) mass is 268 g/mol. The molecule has 0 aromatic carbocycles. The number of allylic oxidation sites excluding steroid dienone is 1. The van der Waals surface area contributed by atoms with E-state index in [4.69, 9.17) is 9.47 Å². The second-order valence-electron chi connectivity index (χ2n) is 5.12. The van der Waals surface area contributed by atoms with Gasteiger partial charge in [-0.3, -0.25) is 9.59 Å². The average molecular weight is 268 g/mol. The number of carbonyl (C=O) groups is 2. The zero-order valence-corrected chi connectivity index (χ0v) is 11.9. The number of rotatable bonds is 7. The summed E-state index contributed by atoms with van der Waals surface area (Å²) in [6.07, 6.45) is 7.68. The summed E-state index contributed by atoms with van der Waals surface area (Å²) >= 11 is 0. The van der Waals surface area contributed by atoms with Crippen LogP contribution in [0.15, 0.2) is 12.7 Å². The van der Waals surface area contributed by atoms with Crippen LogP contribution in [0.5, 0.6) is 0 Å². The van der Waals surface area contributed by atoms with Gasteiger partial charge in [0.05, 0.1) is 14.2 Å². The lowest BCUT2D eigenvalue weighted by Crippen LogP contribution is -2.46. The summed E-state index contributed by atoms with van der Waals surface area (Å²) in [6, 6.07) is 0. The number of unbranched alkanes of at least 4 members (excludes halogenated alkanes) is 1. The first-order valence-electron chi connectivity index (χ1n) is 6.91. The van der Waals surface area contributed by atoms with Crippen LogP contribution in [0.3, 0.4) is 0 Å². The Morgan fingerprint density at radius 1 is 1.21 bits per heavy atom. The van der Waals surface area contributed by atoms with E-state index in [-0.39, 0.29) is 5.92 Å². The molecule has 0 unspecified atom stereocenters. The van der Waals surface area contributed by atoms with Gasteiger partial charge in [-0.15, -0.1) is 6.58 Å². The van der Waals surface area contributed by atoms with E-state index in [1.807, 2.05) is 0 Å². The van der Waals surface area contributed by atoms with Crippen molar-refractivity contribution >= 4 is 11.9 Å². The van der Waals surface area contributed by atoms with E-state index in [1.165, 1.54) is 14.2 Å². The summed E-state index contributed by atoms with van der Waals surface area (Å²) < 4.78 is 9.83. The van der Waals surface area contributed by atoms with Gasteiger partial charge in [0.1, 0.15) is 0 Å². The number of esters is 2. The molecule has 0 bridgehead atoms. The molecule has 0 aliphatic heterocycles. The van der Waals surface area contributed by atoms with E-state index in [0.29, 0.717) is 6.42 Å². The van der Waals surface area contributed by atoms with Crippen LogP contribution in [0, 0.1) is 11.3 Å². The molecule has 4 heteroatoms. The van der Waals surface area contributed by atoms with Gasteiger partial charge in [0.25, 0.3) is 0 Å². The molecule has 1 fully saturated rings. The van der Waals surface area contributed by atoms with Crippen molar-refractivity contribution in [2.45, 2.75) is 44.9 Å². The first kappa shape index (κ1) is 15.7. The number of methoxy groups -OCH3 is 2. The van der Waals surface area contributed by atoms with Gasteiger partial charge < -0.3 is 9.47 Å². The SMILES string of the molecule is C=CCCCC(C(=O)OC)(C(=O)OC)C1CCCC1. The lowest BCUT2D eigenvalue weighted by Gasteiger charge is -2.33. The highest BCUT2D eigenvalue weighted by Gasteiger charge is 2.54. The third-order valence-electron chi connectivity index (χ3n) is 4.13. The van der Waals surface area contributed by atoms with E-state index >= 15 is 0 Å². The Hall–Kier alpha value is -1.32. The fourth-order valence-corrected chi connectivity index (χ4v) is 3.13. The summed E-state index contributed by atoms with van der Waals surface area (Å²) in [5.74, 6) is -0.858. The highest BCUT2D eigenvalue weighted by atomic mass is 16.5. The molecule has 0 atom stereocenters. The van der Waals surface area contributed by atoms with Crippen molar-refractivity contribution in [2.24, 2.45) is 11.3 Å². The summed E-state index contributed by atoms with van der Waals surface area (Å²) in [7, 11) is 2.67. The first-order chi connectivity index (χ1) is 9.13. The molecule has 1 aliphatic rings. The standard InChI is InChI=1S/C15H24O4/c1-4-5-8-11-15(13(16)18-2,14(17)19-3)12-9-6-7-10-12/h4,12H,1,5-11H2,2-3H3. The second kappa shape index (κ2) is 7.31. The Kier molecular flexibility index (Phi) is 6.06. The second-order valence-corrected chi connectivity index (χ2v) is 5.12. The number of carbonyl (C=O) groups excluding carboxylic acids is 2. The molecule has 0 spiro atoms. The molecule has 108 valence electrons. The molecule has 0 heterocycles. The fraction of sp³-hybridized carbons (Fsp3) is 0.733. The molecular formula is C15H24O4. The topological polar surface area (TPSA) is 52.6 Å². The Bertz CT molecular complexity index is 313. The summed E-state index contributed by atoms with van der Waals surface area (Å²) in [5.41, 5.74) is -1.12. The molecule has 0 N–H and O–H groups in total. The van der Waals surface area contributed by atoms with Crippen LogP contribution < -0.4 is 0 Å². The lowest BCUT2D eigenvalue weighted by molar-refractivity contribution is -0.174. The van der Waals surface area contributed by atoms with E-state index in [9.17, 15) is 9.59 Å². The van der Waals surface area contributed by atoms with Crippen LogP contribution in [0.4, 0.5) is 0 Å². The highest BCUT2D eigenvalue weighted by Crippen LogP contribution is 2.45. The van der Waals surface area contributed by atoms with Crippen molar-refractivity contribution < 1.29 is 19.1 Å². The number of hydrogen-bond acceptors (Lipinski definition) is 4. The molecule has 0 aromatic heterocycles. The molecular weight excluding hydrogens is 244 g/mol. The van der Waals surface area contributed by atoms with Crippen molar-refractivity contribution in [1.82, 2.24) is 0 Å². The van der Waals surface area contributed by atoms with E-state index in [2.05, 4.69) is 6.58 Å². The smallest absolute Gasteiger partial charge is 0.323 e. The minimum atomic E-state index is -1.12. The third kappa shape index (κ3) is 3.17. The zero-order chi connectivity index (χ0) is 14.3. The Labute approximate surface area is 115 Å². The molecule has 0 radical (unpaired) electrons. The normalized spacial score (nSPS) is 16.1. The Morgan fingerprint density at radius 2 is 1.74 bits per heavy atom. The number of ether oxygens (including phenoxy) is 2. The lowest BCUT2D eigenvalue weighted by atomic mass is 9.70. The van der Waals surface area contributed by atoms with Crippen LogP contribution in [0.25, 0.3) is 0 Å². The fourth-order valence-electron chi connectivity index (χ4n) is 3.13. The third-order valence-corrected chi connectivity index (χ3v) is 4.13. The summed E-state index contributed by atoms with van der Waals surface area (Å²) in [6.45, 7) is 3.68. The van der Waals surface area contributed by atoms with Gasteiger partial charge in [0, 0.05) is 0 Å². The maximum absolute atomic E-state index is 12.3. The van der Waals surface area contributed by atoms with E-state index in [0.717, 1.165) is 38.5 Å². The average Bonchev–Trinajstić information content (AvgIpc) is 2.96. The number of hydrogen-bond donors (Lipinski definition) is 0. The van der Waals surface area contributed by atoms with Gasteiger partial charge in [-0.25, -0.2) is 0 Å². The predicted molar refractivity (Wildman–Crippen MR) is 72.5 cm³/mol. The van der Waals surface area contributed by atoms with Crippen molar-refractivity contribution in [2.75, 3.05) is 14.2 Å². The van der Waals surface area contributed by atoms with Crippen molar-refractivity contribution in [3.63, 3.8) is 0 Å². The maximum atomic E-state index is 12.3. The highest BCUT2D eigenvalue weighted by molar-refractivity contribution is 6.00. The molecule has 1 aliphatic carbocycles. The van der Waals surface area contributed by atoms with Crippen LogP contribution in [0.2, 0.25) is 0 Å². The molecule has 1 saturated carbocycles. The van der Waals surface area contributed by atoms with Gasteiger partial charge in [-0.05, 0) is 38.0 Å². The minimum absolute atomic E-state index is 0.0391. The van der Waals surface area contributed by atoms with Crippen LogP contribution in [0.1, 0.15) is 44.9 Å². The molecule has 0 saturated heterocycles. The first-order valence-corrected chi connectivity index (χ1v) is 6.91. The predicted octanol–water partition coefficient (Wildman–Crippen LogP) is 2.87. The van der Waals surface area contributed by atoms with Gasteiger partial charge in [-0.1, -0.05) is 18.9 Å². The maximum Gasteiger partial charge on any atom is 0.323 e. The van der Waals surface area contributed by atoms with Crippen LogP contribution in [-0.4, -0.2) is 26.2 Å². The summed E-state index contributed by atoms with van der Waals surface area (Å²) in [5, 5.41) is 0. The molecule has 19 heavy (non-hydrogen) atoms. The van der Waals surface area contributed by atoms with Gasteiger partial charge in [-0.2, -0.15) is 0 Å². The molecule has 1 rings (SSSR count). The van der Waals surface area contributed by atoms with Crippen molar-refractivity contribution in [1.29, 1.82) is 0 Å². The van der Waals surface area contributed by atoms with E-state index < -0.39 is 17.4 Å². The molecule has 0 aromatic rings. The Morgan fingerprint density at radius 3 is 2.16 bits per heavy atom. The minimum Gasteiger partial charge on any atom is -0.468 e. The quantitative estimate of drug-likeness (QED) is 0.308. The van der Waals surface area contributed by atoms with Crippen LogP contribution in [-0.2, 0) is 19.1 Å². The molecule has 4 nitrogen and oxygen atoms in total.